The van der Waals surface area contributed by atoms with Gasteiger partial charge in [-0.2, -0.15) is 5.10 Å². The molecule has 3 rings (SSSR count). The van der Waals surface area contributed by atoms with Gasteiger partial charge in [0.25, 0.3) is 17.4 Å². The predicted molar refractivity (Wildman–Crippen MR) is 88.5 cm³/mol. The molecule has 7 nitrogen and oxygen atoms in total. The summed E-state index contributed by atoms with van der Waals surface area (Å²) >= 11 is 0. The number of aromatic nitrogens is 2. The van der Waals surface area contributed by atoms with Crippen LogP contribution in [0.4, 0.5) is 0 Å². The summed E-state index contributed by atoms with van der Waals surface area (Å²) in [7, 11) is 1.47. The van der Waals surface area contributed by atoms with Crippen LogP contribution in [0, 0.1) is 5.92 Å². The smallest absolute Gasteiger partial charge is 0.297 e. The zero-order valence-corrected chi connectivity index (χ0v) is 13.5. The van der Waals surface area contributed by atoms with Crippen molar-refractivity contribution in [2.45, 2.75) is 13.8 Å². The van der Waals surface area contributed by atoms with Crippen molar-refractivity contribution in [1.82, 2.24) is 15.1 Å². The zero-order valence-electron chi connectivity index (χ0n) is 13.5. The van der Waals surface area contributed by atoms with E-state index in [4.69, 9.17) is 0 Å². The molecule has 0 bridgehead atoms. The Balaban J connectivity index is 1.91. The lowest BCUT2D eigenvalue weighted by Gasteiger charge is -2.28. The Morgan fingerprint density at radius 1 is 1.29 bits per heavy atom. The maximum Gasteiger partial charge on any atom is 0.297 e. The fourth-order valence-corrected chi connectivity index (χ4v) is 2.58. The van der Waals surface area contributed by atoms with Crippen LogP contribution in [0.3, 0.4) is 0 Å². The van der Waals surface area contributed by atoms with E-state index in [2.05, 4.69) is 15.4 Å². The number of amides is 2. The Morgan fingerprint density at radius 3 is 2.75 bits per heavy atom. The van der Waals surface area contributed by atoms with Crippen LogP contribution in [0.25, 0.3) is 0 Å². The minimum absolute atomic E-state index is 0.00701. The SMILES string of the molecule is CC1=C(C)C2C=CC(=NC(=O)c3ccc(=O)n(C)n3)C=C2NC1=O. The third kappa shape index (κ3) is 2.76. The van der Waals surface area contributed by atoms with Crippen LogP contribution in [0.2, 0.25) is 0 Å². The second-order valence-corrected chi connectivity index (χ2v) is 5.72. The molecule has 1 aromatic rings. The average molecular weight is 324 g/mol. The molecule has 0 spiro atoms. The fraction of sp³-hybridized carbons (Fsp3) is 0.235. The van der Waals surface area contributed by atoms with E-state index < -0.39 is 5.91 Å². The second kappa shape index (κ2) is 5.84. The molecule has 0 fully saturated rings. The summed E-state index contributed by atoms with van der Waals surface area (Å²) in [4.78, 5) is 39.4. The van der Waals surface area contributed by atoms with Crippen LogP contribution in [-0.4, -0.2) is 27.3 Å². The van der Waals surface area contributed by atoms with Gasteiger partial charge in [-0.25, -0.2) is 9.67 Å². The lowest BCUT2D eigenvalue weighted by atomic mass is 9.85. The van der Waals surface area contributed by atoms with Crippen molar-refractivity contribution in [2.24, 2.45) is 18.0 Å². The number of nitrogens with one attached hydrogen (secondary N) is 1. The molecule has 0 saturated carbocycles. The Morgan fingerprint density at radius 2 is 2.04 bits per heavy atom. The van der Waals surface area contributed by atoms with Crippen LogP contribution in [0.1, 0.15) is 24.3 Å². The predicted octanol–water partition coefficient (Wildman–Crippen LogP) is 0.898. The molecule has 1 atom stereocenters. The summed E-state index contributed by atoms with van der Waals surface area (Å²) in [5.74, 6) is -0.700. The number of aliphatic imine (C=N–C) groups is 1. The molecule has 1 N–H and O–H groups in total. The number of hydrogen-bond acceptors (Lipinski definition) is 4. The number of allylic oxidation sites excluding steroid dienone is 3. The molecule has 1 aliphatic heterocycles. The largest absolute Gasteiger partial charge is 0.325 e. The molecule has 2 heterocycles. The topological polar surface area (TPSA) is 93.4 Å². The van der Waals surface area contributed by atoms with E-state index in [1.54, 1.807) is 19.1 Å². The number of rotatable bonds is 1. The maximum atomic E-state index is 12.2. The zero-order chi connectivity index (χ0) is 17.4. The minimum Gasteiger partial charge on any atom is -0.325 e. The van der Waals surface area contributed by atoms with E-state index >= 15 is 0 Å². The van der Waals surface area contributed by atoms with E-state index in [0.29, 0.717) is 17.0 Å². The molecule has 1 aromatic heterocycles. The standard InChI is InChI=1S/C17H16N4O3/c1-9-10(2)16(23)19-14-8-11(4-5-12(9)14)18-17(24)13-6-7-15(22)21(3)20-13/h4-8,12H,1-3H3,(H,19,23). The number of fused-ring (bicyclic) bond motifs is 1. The first-order valence-electron chi connectivity index (χ1n) is 7.42. The van der Waals surface area contributed by atoms with Gasteiger partial charge in [0.05, 0.1) is 5.71 Å². The van der Waals surface area contributed by atoms with Crippen molar-refractivity contribution in [3.63, 3.8) is 0 Å². The van der Waals surface area contributed by atoms with E-state index in [-0.39, 0.29) is 23.1 Å². The Kier molecular flexibility index (Phi) is 3.84. The van der Waals surface area contributed by atoms with Crippen molar-refractivity contribution < 1.29 is 9.59 Å². The van der Waals surface area contributed by atoms with Gasteiger partial charge in [-0.05, 0) is 32.1 Å². The Bertz CT molecular complexity index is 931. The van der Waals surface area contributed by atoms with Gasteiger partial charge in [0.2, 0.25) is 0 Å². The first-order valence-corrected chi connectivity index (χ1v) is 7.42. The van der Waals surface area contributed by atoms with Crippen molar-refractivity contribution in [2.75, 3.05) is 0 Å². The van der Waals surface area contributed by atoms with Crippen LogP contribution in [0.5, 0.6) is 0 Å². The molecule has 1 unspecified atom stereocenters. The van der Waals surface area contributed by atoms with Gasteiger partial charge in [0.1, 0.15) is 0 Å². The van der Waals surface area contributed by atoms with Crippen LogP contribution in [-0.2, 0) is 11.8 Å². The third-order valence-electron chi connectivity index (χ3n) is 4.16. The normalized spacial score (nSPS) is 21.5. The molecule has 122 valence electrons. The van der Waals surface area contributed by atoms with Gasteiger partial charge in [0.15, 0.2) is 5.69 Å². The summed E-state index contributed by atoms with van der Waals surface area (Å²) in [5.41, 5.74) is 2.58. The highest BCUT2D eigenvalue weighted by molar-refractivity contribution is 6.13. The Labute approximate surface area is 138 Å². The van der Waals surface area contributed by atoms with Gasteiger partial charge < -0.3 is 5.32 Å². The summed E-state index contributed by atoms with van der Waals surface area (Å²) in [6, 6.07) is 2.61. The van der Waals surface area contributed by atoms with Crippen molar-refractivity contribution >= 4 is 17.5 Å². The van der Waals surface area contributed by atoms with Crippen LogP contribution < -0.4 is 10.9 Å². The van der Waals surface area contributed by atoms with E-state index in [1.807, 2.05) is 13.0 Å². The third-order valence-corrected chi connectivity index (χ3v) is 4.16. The van der Waals surface area contributed by atoms with Crippen LogP contribution >= 0.6 is 0 Å². The summed E-state index contributed by atoms with van der Waals surface area (Å²) in [6.45, 7) is 3.70. The number of carbonyl (C=O) groups excluding carboxylic acids is 2. The average Bonchev–Trinajstić information content (AvgIpc) is 2.55. The number of aryl methyl sites for hydroxylation is 1. The second-order valence-electron chi connectivity index (χ2n) is 5.72. The van der Waals surface area contributed by atoms with Gasteiger partial charge >= 0.3 is 0 Å². The number of carbonyl (C=O) groups is 2. The summed E-state index contributed by atoms with van der Waals surface area (Å²) in [6.07, 6.45) is 5.31. The summed E-state index contributed by atoms with van der Waals surface area (Å²) < 4.78 is 1.08. The first-order chi connectivity index (χ1) is 11.4. The number of nitrogens with zero attached hydrogens (tertiary/aromatic N) is 3. The Hall–Kier alpha value is -3.09. The molecule has 7 heteroatoms. The van der Waals surface area contributed by atoms with Crippen molar-refractivity contribution in [3.05, 3.63) is 63.3 Å². The molecule has 2 amide bonds. The minimum atomic E-state index is -0.550. The van der Waals surface area contributed by atoms with Gasteiger partial charge in [-0.3, -0.25) is 14.4 Å². The molecule has 1 aliphatic carbocycles. The molecule has 0 aromatic carbocycles. The molecule has 24 heavy (non-hydrogen) atoms. The van der Waals surface area contributed by atoms with E-state index in [0.717, 1.165) is 10.3 Å². The molecule has 0 radical (unpaired) electrons. The quantitative estimate of drug-likeness (QED) is 0.830. The molecular weight excluding hydrogens is 308 g/mol. The van der Waals surface area contributed by atoms with E-state index in [1.165, 1.54) is 19.2 Å². The maximum absolute atomic E-state index is 12.2. The lowest BCUT2D eigenvalue weighted by Crippen LogP contribution is -2.35. The van der Waals surface area contributed by atoms with Gasteiger partial charge in [-0.15, -0.1) is 0 Å². The molecular formula is C17H16N4O3. The summed E-state index contributed by atoms with van der Waals surface area (Å²) in [5, 5.41) is 6.70. The van der Waals surface area contributed by atoms with Crippen molar-refractivity contribution in [3.8, 4) is 0 Å². The van der Waals surface area contributed by atoms with Gasteiger partial charge in [-0.1, -0.05) is 11.6 Å². The molecule has 2 aliphatic rings. The van der Waals surface area contributed by atoms with Crippen molar-refractivity contribution in [1.29, 1.82) is 0 Å². The molecule has 0 saturated heterocycles. The monoisotopic (exact) mass is 324 g/mol. The highest BCUT2D eigenvalue weighted by Gasteiger charge is 2.27. The lowest BCUT2D eigenvalue weighted by molar-refractivity contribution is -0.117. The highest BCUT2D eigenvalue weighted by atomic mass is 16.2. The number of hydrogen-bond donors (Lipinski definition) is 1. The van der Waals surface area contributed by atoms with Crippen LogP contribution in [0.15, 0.2) is 57.0 Å². The fourth-order valence-electron chi connectivity index (χ4n) is 2.58. The highest BCUT2D eigenvalue weighted by Crippen LogP contribution is 2.29. The first kappa shape index (κ1) is 15.8. The van der Waals surface area contributed by atoms with E-state index in [9.17, 15) is 14.4 Å². The van der Waals surface area contributed by atoms with Gasteiger partial charge in [0, 0.05) is 30.3 Å².